The monoisotopic (exact) mass is 359 g/mol. The first-order chi connectivity index (χ1) is 13.0. The van der Waals surface area contributed by atoms with E-state index in [1.807, 2.05) is 39.0 Å². The molecule has 4 aromatic rings. The second kappa shape index (κ2) is 6.64. The number of aryl methyl sites for hydroxylation is 3. The molecule has 4 N–H and O–H groups in total. The molecule has 6 nitrogen and oxygen atoms in total. The summed E-state index contributed by atoms with van der Waals surface area (Å²) in [4.78, 5) is 0. The summed E-state index contributed by atoms with van der Waals surface area (Å²) in [5.41, 5.74) is 7.88. The molecule has 0 fully saturated rings. The molecular formula is C21H21N5O. The van der Waals surface area contributed by atoms with Crippen LogP contribution in [0.25, 0.3) is 22.4 Å². The van der Waals surface area contributed by atoms with Crippen LogP contribution in [0, 0.1) is 20.8 Å². The minimum Gasteiger partial charge on any atom is -0.506 e. The fraction of sp³-hybridized carbons (Fsp3) is 0.143. The molecule has 0 amide bonds. The molecule has 2 aromatic heterocycles. The first-order valence-corrected chi connectivity index (χ1v) is 8.76. The van der Waals surface area contributed by atoms with Crippen LogP contribution in [0.1, 0.15) is 17.0 Å². The van der Waals surface area contributed by atoms with Gasteiger partial charge in [0, 0.05) is 17.3 Å². The van der Waals surface area contributed by atoms with Crippen molar-refractivity contribution in [2.75, 3.05) is 5.32 Å². The van der Waals surface area contributed by atoms with Crippen LogP contribution in [-0.4, -0.2) is 25.5 Å². The number of aromatic amines is 2. The number of phenols is 1. The second-order valence-electron chi connectivity index (χ2n) is 6.65. The van der Waals surface area contributed by atoms with Crippen molar-refractivity contribution >= 4 is 11.5 Å². The highest BCUT2D eigenvalue weighted by Gasteiger charge is 2.11. The zero-order valence-electron chi connectivity index (χ0n) is 15.5. The van der Waals surface area contributed by atoms with Gasteiger partial charge in [0.15, 0.2) is 5.82 Å². The zero-order valence-corrected chi connectivity index (χ0v) is 15.5. The number of phenolic OH excluding ortho intramolecular Hbond substituents is 1. The Bertz CT molecular complexity index is 1050. The minimum atomic E-state index is 0.203. The van der Waals surface area contributed by atoms with E-state index >= 15 is 0 Å². The quantitative estimate of drug-likeness (QED) is 0.392. The Morgan fingerprint density at radius 2 is 1.63 bits per heavy atom. The lowest BCUT2D eigenvalue weighted by atomic mass is 10.0. The molecule has 0 saturated heterocycles. The Morgan fingerprint density at radius 1 is 0.889 bits per heavy atom. The normalized spacial score (nSPS) is 10.9. The molecule has 27 heavy (non-hydrogen) atoms. The number of nitrogens with zero attached hydrogens (tertiary/aromatic N) is 2. The van der Waals surface area contributed by atoms with Crippen molar-refractivity contribution in [2.24, 2.45) is 0 Å². The van der Waals surface area contributed by atoms with Gasteiger partial charge < -0.3 is 10.4 Å². The van der Waals surface area contributed by atoms with Crippen LogP contribution >= 0.6 is 0 Å². The topological polar surface area (TPSA) is 89.6 Å². The summed E-state index contributed by atoms with van der Waals surface area (Å²) < 4.78 is 0. The van der Waals surface area contributed by atoms with Crippen molar-refractivity contribution in [1.29, 1.82) is 0 Å². The van der Waals surface area contributed by atoms with Crippen molar-refractivity contribution in [3.8, 4) is 28.1 Å². The summed E-state index contributed by atoms with van der Waals surface area (Å²) in [6, 6.07) is 15.6. The number of hydrogen-bond donors (Lipinski definition) is 4. The van der Waals surface area contributed by atoms with Crippen molar-refractivity contribution in [1.82, 2.24) is 20.4 Å². The van der Waals surface area contributed by atoms with Crippen molar-refractivity contribution < 1.29 is 5.11 Å². The molecule has 2 heterocycles. The number of para-hydroxylation sites is 1. The Labute approximate surface area is 157 Å². The molecule has 136 valence electrons. The van der Waals surface area contributed by atoms with E-state index in [2.05, 4.69) is 50.0 Å². The SMILES string of the molecule is Cc1cccc(O)c1Nc1cc(-c2ccc(-c3c(C)n[nH]c3C)cc2)[nH]n1. The van der Waals surface area contributed by atoms with Gasteiger partial charge in [0.05, 0.1) is 17.1 Å². The third-order valence-electron chi connectivity index (χ3n) is 4.69. The summed E-state index contributed by atoms with van der Waals surface area (Å²) in [7, 11) is 0. The smallest absolute Gasteiger partial charge is 0.152 e. The van der Waals surface area contributed by atoms with Crippen LogP contribution in [0.3, 0.4) is 0 Å². The summed E-state index contributed by atoms with van der Waals surface area (Å²) in [6.45, 7) is 5.96. The largest absolute Gasteiger partial charge is 0.506 e. The maximum absolute atomic E-state index is 10.0. The van der Waals surface area contributed by atoms with Crippen molar-refractivity contribution in [3.63, 3.8) is 0 Å². The predicted octanol–water partition coefficient (Wildman–Crippen LogP) is 4.84. The van der Waals surface area contributed by atoms with E-state index in [-0.39, 0.29) is 5.75 Å². The van der Waals surface area contributed by atoms with Crippen molar-refractivity contribution in [3.05, 3.63) is 65.5 Å². The van der Waals surface area contributed by atoms with Gasteiger partial charge in [-0.15, -0.1) is 0 Å². The molecule has 0 spiro atoms. The van der Waals surface area contributed by atoms with E-state index in [4.69, 9.17) is 0 Å². The van der Waals surface area contributed by atoms with Gasteiger partial charge in [-0.3, -0.25) is 10.2 Å². The summed E-state index contributed by atoms with van der Waals surface area (Å²) >= 11 is 0. The summed E-state index contributed by atoms with van der Waals surface area (Å²) in [5.74, 6) is 0.856. The maximum Gasteiger partial charge on any atom is 0.152 e. The first-order valence-electron chi connectivity index (χ1n) is 8.76. The number of aromatic hydroxyl groups is 1. The number of hydrogen-bond acceptors (Lipinski definition) is 4. The lowest BCUT2D eigenvalue weighted by Crippen LogP contribution is -1.93. The molecule has 0 saturated carbocycles. The standard InChI is InChI=1S/C21H21N5O/c1-12-5-4-6-18(27)21(12)22-19-11-17(25-26-19)15-7-9-16(10-8-15)20-13(2)23-24-14(20)3/h4-11,27H,1-3H3,(H,23,24)(H2,22,25,26). The van der Waals surface area contributed by atoms with E-state index < -0.39 is 0 Å². The number of anilines is 2. The van der Waals surface area contributed by atoms with Gasteiger partial charge in [-0.05, 0) is 43.5 Å². The highest BCUT2D eigenvalue weighted by atomic mass is 16.3. The molecule has 6 heteroatoms. The lowest BCUT2D eigenvalue weighted by Gasteiger charge is -2.08. The number of H-pyrrole nitrogens is 2. The highest BCUT2D eigenvalue weighted by Crippen LogP contribution is 2.31. The van der Waals surface area contributed by atoms with Gasteiger partial charge in [0.1, 0.15) is 5.75 Å². The third kappa shape index (κ3) is 3.17. The minimum absolute atomic E-state index is 0.203. The van der Waals surface area contributed by atoms with Gasteiger partial charge in [-0.25, -0.2) is 0 Å². The number of aromatic nitrogens is 4. The first kappa shape index (κ1) is 16.9. The Hall–Kier alpha value is -3.54. The molecular weight excluding hydrogens is 338 g/mol. The fourth-order valence-corrected chi connectivity index (χ4v) is 3.27. The molecule has 0 unspecified atom stereocenters. The van der Waals surface area contributed by atoms with E-state index in [0.29, 0.717) is 11.5 Å². The lowest BCUT2D eigenvalue weighted by molar-refractivity contribution is 0.477. The molecule has 4 rings (SSSR count). The molecule has 0 atom stereocenters. The van der Waals surface area contributed by atoms with Crippen LogP contribution in [0.2, 0.25) is 0 Å². The van der Waals surface area contributed by atoms with Gasteiger partial charge in [-0.2, -0.15) is 10.2 Å². The van der Waals surface area contributed by atoms with E-state index in [0.717, 1.165) is 39.3 Å². The predicted molar refractivity (Wildman–Crippen MR) is 107 cm³/mol. The van der Waals surface area contributed by atoms with Crippen LogP contribution in [0.4, 0.5) is 11.5 Å². The Kier molecular flexibility index (Phi) is 4.16. The van der Waals surface area contributed by atoms with E-state index in [1.54, 1.807) is 6.07 Å². The average molecular weight is 359 g/mol. The third-order valence-corrected chi connectivity index (χ3v) is 4.69. The molecule has 0 aliphatic heterocycles. The average Bonchev–Trinajstić information content (AvgIpc) is 3.25. The van der Waals surface area contributed by atoms with Crippen LogP contribution in [0.15, 0.2) is 48.5 Å². The second-order valence-corrected chi connectivity index (χ2v) is 6.65. The van der Waals surface area contributed by atoms with Crippen molar-refractivity contribution in [2.45, 2.75) is 20.8 Å². The number of benzene rings is 2. The molecule has 0 radical (unpaired) electrons. The van der Waals surface area contributed by atoms with Gasteiger partial charge in [0.2, 0.25) is 0 Å². The zero-order chi connectivity index (χ0) is 19.0. The molecule has 0 bridgehead atoms. The molecule has 2 aromatic carbocycles. The van der Waals surface area contributed by atoms with Crippen LogP contribution in [0.5, 0.6) is 5.75 Å². The Morgan fingerprint density at radius 3 is 2.30 bits per heavy atom. The summed E-state index contributed by atoms with van der Waals surface area (Å²) in [6.07, 6.45) is 0. The fourth-order valence-electron chi connectivity index (χ4n) is 3.27. The van der Waals surface area contributed by atoms with Gasteiger partial charge >= 0.3 is 0 Å². The Balaban J connectivity index is 1.58. The highest BCUT2D eigenvalue weighted by molar-refractivity contribution is 5.74. The van der Waals surface area contributed by atoms with Crippen LogP contribution in [-0.2, 0) is 0 Å². The molecule has 0 aliphatic rings. The molecule has 0 aliphatic carbocycles. The van der Waals surface area contributed by atoms with Gasteiger partial charge in [0.25, 0.3) is 0 Å². The van der Waals surface area contributed by atoms with E-state index in [1.165, 1.54) is 0 Å². The number of rotatable bonds is 4. The number of nitrogens with one attached hydrogen (secondary N) is 3. The summed E-state index contributed by atoms with van der Waals surface area (Å²) in [5, 5.41) is 27.8. The van der Waals surface area contributed by atoms with Gasteiger partial charge in [-0.1, -0.05) is 36.4 Å². The van der Waals surface area contributed by atoms with Crippen LogP contribution < -0.4 is 5.32 Å². The maximum atomic E-state index is 10.0. The van der Waals surface area contributed by atoms with E-state index in [9.17, 15) is 5.11 Å².